The monoisotopic (exact) mass is 222 g/mol. The second-order valence-corrected chi connectivity index (χ2v) is 4.73. The Bertz CT molecular complexity index is 311. The van der Waals surface area contributed by atoms with E-state index in [0.717, 1.165) is 25.7 Å². The van der Waals surface area contributed by atoms with Crippen LogP contribution in [0.3, 0.4) is 0 Å². The Morgan fingerprint density at radius 3 is 2.88 bits per heavy atom. The molecule has 0 N–H and O–H groups in total. The van der Waals surface area contributed by atoms with Crippen LogP contribution >= 0.6 is 0 Å². The quantitative estimate of drug-likeness (QED) is 0.672. The minimum Gasteiger partial charge on any atom is -0.368 e. The first kappa shape index (κ1) is 11.4. The normalized spacial score (nSPS) is 34.8. The molecule has 1 amide bonds. The summed E-state index contributed by atoms with van der Waals surface area (Å²) in [5.74, 6) is 0.310. The van der Waals surface area contributed by atoms with Gasteiger partial charge in [0.15, 0.2) is 0 Å². The lowest BCUT2D eigenvalue weighted by atomic mass is 9.98. The van der Waals surface area contributed by atoms with Crippen LogP contribution in [0.1, 0.15) is 32.6 Å². The molecule has 88 valence electrons. The summed E-state index contributed by atoms with van der Waals surface area (Å²) in [7, 11) is 0. The summed E-state index contributed by atoms with van der Waals surface area (Å²) in [6.45, 7) is 3.42. The summed E-state index contributed by atoms with van der Waals surface area (Å²) < 4.78 is 5.47. The molecule has 4 heteroatoms. The summed E-state index contributed by atoms with van der Waals surface area (Å²) >= 11 is 0. The van der Waals surface area contributed by atoms with Crippen LogP contribution in [0.2, 0.25) is 0 Å². The van der Waals surface area contributed by atoms with Crippen molar-refractivity contribution in [2.45, 2.75) is 44.8 Å². The van der Waals surface area contributed by atoms with Crippen molar-refractivity contribution in [2.24, 2.45) is 5.92 Å². The third-order valence-corrected chi connectivity index (χ3v) is 3.57. The van der Waals surface area contributed by atoms with Crippen molar-refractivity contribution in [1.29, 1.82) is 5.26 Å². The molecule has 0 bridgehead atoms. The maximum Gasteiger partial charge on any atom is 0.253 e. The maximum atomic E-state index is 12.2. The summed E-state index contributed by atoms with van der Waals surface area (Å²) in [5, 5.41) is 9.03. The molecule has 0 radical (unpaired) electrons. The molecule has 0 spiro atoms. The van der Waals surface area contributed by atoms with Crippen LogP contribution in [0.5, 0.6) is 0 Å². The van der Waals surface area contributed by atoms with Gasteiger partial charge in [-0.05, 0) is 31.6 Å². The largest absolute Gasteiger partial charge is 0.368 e. The van der Waals surface area contributed by atoms with E-state index >= 15 is 0 Å². The highest BCUT2D eigenvalue weighted by Crippen LogP contribution is 2.25. The molecular formula is C12H18N2O2. The number of nitriles is 1. The van der Waals surface area contributed by atoms with Crippen LogP contribution in [-0.4, -0.2) is 36.1 Å². The number of piperidine rings is 1. The zero-order valence-electron chi connectivity index (χ0n) is 9.69. The summed E-state index contributed by atoms with van der Waals surface area (Å²) in [4.78, 5) is 13.9. The smallest absolute Gasteiger partial charge is 0.253 e. The van der Waals surface area contributed by atoms with E-state index in [2.05, 4.69) is 6.07 Å². The second kappa shape index (κ2) is 4.84. The molecule has 2 rings (SSSR count). The number of carbonyl (C=O) groups excluding carboxylic acids is 1. The Morgan fingerprint density at radius 1 is 1.44 bits per heavy atom. The van der Waals surface area contributed by atoms with Crippen molar-refractivity contribution in [3.05, 3.63) is 0 Å². The molecular weight excluding hydrogens is 204 g/mol. The highest BCUT2D eigenvalue weighted by Gasteiger charge is 2.37. The molecule has 16 heavy (non-hydrogen) atoms. The van der Waals surface area contributed by atoms with Gasteiger partial charge >= 0.3 is 0 Å². The lowest BCUT2D eigenvalue weighted by Crippen LogP contribution is -2.48. The number of nitrogens with zero attached hydrogens (tertiary/aromatic N) is 2. The van der Waals surface area contributed by atoms with Gasteiger partial charge in [-0.1, -0.05) is 6.92 Å². The van der Waals surface area contributed by atoms with Gasteiger partial charge in [-0.25, -0.2) is 0 Å². The average molecular weight is 222 g/mol. The molecule has 2 fully saturated rings. The average Bonchev–Trinajstić information content (AvgIpc) is 2.74. The zero-order chi connectivity index (χ0) is 11.5. The Hall–Kier alpha value is -1.08. The lowest BCUT2D eigenvalue weighted by molar-refractivity contribution is -0.145. The van der Waals surface area contributed by atoms with Crippen molar-refractivity contribution in [3.63, 3.8) is 0 Å². The van der Waals surface area contributed by atoms with Crippen molar-refractivity contribution < 1.29 is 9.53 Å². The van der Waals surface area contributed by atoms with Gasteiger partial charge in [0, 0.05) is 13.2 Å². The van der Waals surface area contributed by atoms with Gasteiger partial charge in [-0.2, -0.15) is 5.26 Å². The fraction of sp³-hybridized carbons (Fsp3) is 0.833. The number of likely N-dealkylation sites (tertiary alicyclic amines) is 1. The highest BCUT2D eigenvalue weighted by atomic mass is 16.5. The van der Waals surface area contributed by atoms with E-state index in [-0.39, 0.29) is 24.0 Å². The Morgan fingerprint density at radius 2 is 2.25 bits per heavy atom. The number of hydrogen-bond acceptors (Lipinski definition) is 3. The molecule has 3 unspecified atom stereocenters. The maximum absolute atomic E-state index is 12.2. The molecule has 0 aromatic carbocycles. The molecule has 0 aromatic heterocycles. The van der Waals surface area contributed by atoms with E-state index in [1.165, 1.54) is 0 Å². The Labute approximate surface area is 96.2 Å². The molecule has 0 aliphatic carbocycles. The molecule has 2 aliphatic rings. The van der Waals surface area contributed by atoms with Crippen LogP contribution in [0.25, 0.3) is 0 Å². The first-order valence-corrected chi connectivity index (χ1v) is 6.05. The number of amides is 1. The van der Waals surface area contributed by atoms with Crippen molar-refractivity contribution >= 4 is 5.91 Å². The first-order valence-electron chi connectivity index (χ1n) is 6.05. The Kier molecular flexibility index (Phi) is 3.45. The van der Waals surface area contributed by atoms with E-state index in [4.69, 9.17) is 10.00 Å². The lowest BCUT2D eigenvalue weighted by Gasteiger charge is -2.33. The second-order valence-electron chi connectivity index (χ2n) is 4.73. The van der Waals surface area contributed by atoms with Gasteiger partial charge in [-0.3, -0.25) is 4.79 Å². The van der Waals surface area contributed by atoms with Crippen LogP contribution in [0.4, 0.5) is 0 Å². The fourth-order valence-corrected chi connectivity index (χ4v) is 2.50. The van der Waals surface area contributed by atoms with Gasteiger partial charge < -0.3 is 9.64 Å². The standard InChI is InChI=1S/C12H18N2O2/c1-9-5-7-16-11(9)12(15)14-6-3-2-4-10(14)8-13/h9-11H,2-7H2,1H3. The topological polar surface area (TPSA) is 53.3 Å². The molecule has 0 saturated carbocycles. The van der Waals surface area contributed by atoms with Crippen molar-refractivity contribution in [2.75, 3.05) is 13.2 Å². The molecule has 3 atom stereocenters. The van der Waals surface area contributed by atoms with E-state index in [1.54, 1.807) is 4.90 Å². The van der Waals surface area contributed by atoms with Gasteiger partial charge in [0.1, 0.15) is 12.1 Å². The van der Waals surface area contributed by atoms with Crippen LogP contribution in [-0.2, 0) is 9.53 Å². The zero-order valence-corrected chi connectivity index (χ0v) is 9.69. The predicted molar refractivity (Wildman–Crippen MR) is 58.5 cm³/mol. The van der Waals surface area contributed by atoms with E-state index in [0.29, 0.717) is 13.2 Å². The van der Waals surface area contributed by atoms with E-state index < -0.39 is 0 Å². The molecule has 2 heterocycles. The molecule has 4 nitrogen and oxygen atoms in total. The fourth-order valence-electron chi connectivity index (χ4n) is 2.50. The van der Waals surface area contributed by atoms with E-state index in [1.807, 2.05) is 6.92 Å². The molecule has 0 aromatic rings. The van der Waals surface area contributed by atoms with Crippen LogP contribution in [0, 0.1) is 17.2 Å². The van der Waals surface area contributed by atoms with Crippen molar-refractivity contribution in [3.8, 4) is 6.07 Å². The van der Waals surface area contributed by atoms with Gasteiger partial charge in [0.25, 0.3) is 5.91 Å². The number of ether oxygens (including phenoxy) is 1. The number of hydrogen-bond donors (Lipinski definition) is 0. The summed E-state index contributed by atoms with van der Waals surface area (Å²) in [6.07, 6.45) is 3.49. The van der Waals surface area contributed by atoms with E-state index in [9.17, 15) is 4.79 Å². The minimum absolute atomic E-state index is 0.0243. The number of rotatable bonds is 1. The van der Waals surface area contributed by atoms with Crippen LogP contribution in [0.15, 0.2) is 0 Å². The summed E-state index contributed by atoms with van der Waals surface area (Å²) in [6, 6.07) is 1.98. The predicted octanol–water partition coefficient (Wildman–Crippen LogP) is 1.32. The third kappa shape index (κ3) is 2.05. The van der Waals surface area contributed by atoms with Crippen molar-refractivity contribution in [1.82, 2.24) is 4.90 Å². The minimum atomic E-state index is -0.311. The van der Waals surface area contributed by atoms with Gasteiger partial charge in [0.2, 0.25) is 0 Å². The SMILES string of the molecule is CC1CCOC1C(=O)N1CCCCC1C#N. The highest BCUT2D eigenvalue weighted by molar-refractivity contribution is 5.82. The molecule has 2 saturated heterocycles. The third-order valence-electron chi connectivity index (χ3n) is 3.57. The first-order chi connectivity index (χ1) is 7.74. The van der Waals surface area contributed by atoms with Crippen LogP contribution < -0.4 is 0 Å². The number of carbonyl (C=O) groups is 1. The Balaban J connectivity index is 2.05. The molecule has 2 aliphatic heterocycles. The van der Waals surface area contributed by atoms with Gasteiger partial charge in [-0.15, -0.1) is 0 Å². The van der Waals surface area contributed by atoms with Gasteiger partial charge in [0.05, 0.1) is 6.07 Å². The summed E-state index contributed by atoms with van der Waals surface area (Å²) in [5.41, 5.74) is 0.